The first-order valence-corrected chi connectivity index (χ1v) is 12.8. The largest absolute Gasteiger partial charge is 0.492 e. The van der Waals surface area contributed by atoms with Gasteiger partial charge in [-0.25, -0.2) is 8.42 Å². The van der Waals surface area contributed by atoms with Crippen molar-refractivity contribution in [1.82, 2.24) is 5.32 Å². The summed E-state index contributed by atoms with van der Waals surface area (Å²) in [5.41, 5.74) is 2.03. The Morgan fingerprint density at radius 1 is 1.12 bits per heavy atom. The second kappa shape index (κ2) is 10.4. The number of aryl methyl sites for hydroxylation is 1. The zero-order valence-corrected chi connectivity index (χ0v) is 20.2. The molecule has 4 rings (SSSR count). The van der Waals surface area contributed by atoms with Crippen molar-refractivity contribution >= 4 is 33.2 Å². The number of sulfonamides is 1. The highest BCUT2D eigenvalue weighted by Gasteiger charge is 2.36. The Bertz CT molecular complexity index is 1270. The maximum Gasteiger partial charge on any atom is 0.263 e. The molecular weight excluding hydrogens is 476 g/mol. The lowest BCUT2D eigenvalue weighted by molar-refractivity contribution is -0.127. The molecule has 1 amide bonds. The van der Waals surface area contributed by atoms with Crippen LogP contribution in [0.15, 0.2) is 72.8 Å². The number of carbonyl (C=O) groups excluding carboxylic acids is 1. The Kier molecular flexibility index (Phi) is 7.29. The van der Waals surface area contributed by atoms with E-state index in [4.69, 9.17) is 21.1 Å². The quantitative estimate of drug-likeness (QED) is 0.473. The average molecular weight is 501 g/mol. The van der Waals surface area contributed by atoms with Crippen LogP contribution in [0.3, 0.4) is 0 Å². The summed E-state index contributed by atoms with van der Waals surface area (Å²) in [6.45, 7) is 2.23. The first kappa shape index (κ1) is 23.9. The first-order valence-electron chi connectivity index (χ1n) is 10.8. The van der Waals surface area contributed by atoms with Gasteiger partial charge in [-0.1, -0.05) is 60.1 Å². The van der Waals surface area contributed by atoms with Gasteiger partial charge in [0.25, 0.3) is 5.91 Å². The topological polar surface area (TPSA) is 84.9 Å². The fourth-order valence-electron chi connectivity index (χ4n) is 3.59. The number of carbonyl (C=O) groups is 1. The molecule has 0 spiro atoms. The van der Waals surface area contributed by atoms with Crippen LogP contribution in [0, 0.1) is 6.92 Å². The van der Waals surface area contributed by atoms with E-state index in [2.05, 4.69) is 5.32 Å². The van der Waals surface area contributed by atoms with Gasteiger partial charge >= 0.3 is 0 Å². The highest BCUT2D eigenvalue weighted by atomic mass is 35.5. The number of amides is 1. The van der Waals surface area contributed by atoms with Gasteiger partial charge in [-0.05, 0) is 42.3 Å². The summed E-state index contributed by atoms with van der Waals surface area (Å²) < 4.78 is 39.3. The average Bonchev–Trinajstić information content (AvgIpc) is 2.83. The fourth-order valence-corrected chi connectivity index (χ4v) is 5.34. The Hall–Kier alpha value is -3.23. The van der Waals surface area contributed by atoms with Gasteiger partial charge in [0.05, 0.1) is 24.5 Å². The van der Waals surface area contributed by atoms with Gasteiger partial charge in [-0.15, -0.1) is 0 Å². The van der Waals surface area contributed by atoms with Gasteiger partial charge in [-0.2, -0.15) is 0 Å². The third-order valence-corrected chi connectivity index (χ3v) is 7.49. The van der Waals surface area contributed by atoms with Crippen LogP contribution < -0.4 is 19.1 Å². The number of hydrogen-bond acceptors (Lipinski definition) is 5. The summed E-state index contributed by atoms with van der Waals surface area (Å²) in [4.78, 5) is 12.8. The maximum atomic E-state index is 13.3. The molecule has 3 aromatic carbocycles. The number of anilines is 1. The monoisotopic (exact) mass is 500 g/mol. The minimum Gasteiger partial charge on any atom is -0.492 e. The Balaban J connectivity index is 1.41. The summed E-state index contributed by atoms with van der Waals surface area (Å²) in [5.74, 6) is 0.352. The van der Waals surface area contributed by atoms with Crippen molar-refractivity contribution in [2.45, 2.75) is 18.8 Å². The molecule has 7 nitrogen and oxygen atoms in total. The summed E-state index contributed by atoms with van der Waals surface area (Å²) in [5, 5.41) is 3.36. The maximum absolute atomic E-state index is 13.3. The normalized spacial score (nSPS) is 15.2. The van der Waals surface area contributed by atoms with Crippen molar-refractivity contribution in [2.75, 3.05) is 24.0 Å². The predicted octanol–water partition coefficient (Wildman–Crippen LogP) is 3.94. The number of ether oxygens (including phenoxy) is 2. The number of rotatable bonds is 8. The molecule has 34 heavy (non-hydrogen) atoms. The van der Waals surface area contributed by atoms with Crippen LogP contribution in [0.2, 0.25) is 5.02 Å². The zero-order valence-electron chi connectivity index (χ0n) is 18.6. The van der Waals surface area contributed by atoms with Crippen molar-refractivity contribution in [1.29, 1.82) is 0 Å². The van der Waals surface area contributed by atoms with Crippen molar-refractivity contribution in [3.05, 3.63) is 88.9 Å². The summed E-state index contributed by atoms with van der Waals surface area (Å²) in [7, 11) is -3.75. The molecule has 1 aliphatic heterocycles. The third kappa shape index (κ3) is 5.63. The number of fused-ring (bicyclic) bond motifs is 1. The van der Waals surface area contributed by atoms with E-state index >= 15 is 0 Å². The van der Waals surface area contributed by atoms with Gasteiger partial charge < -0.3 is 14.8 Å². The minimum atomic E-state index is -3.75. The first-order chi connectivity index (χ1) is 16.3. The summed E-state index contributed by atoms with van der Waals surface area (Å²) >= 11 is 6.10. The molecule has 0 saturated heterocycles. The van der Waals surface area contributed by atoms with Gasteiger partial charge in [0.15, 0.2) is 6.10 Å². The van der Waals surface area contributed by atoms with Gasteiger partial charge in [0, 0.05) is 5.02 Å². The molecule has 0 aromatic heterocycles. The van der Waals surface area contributed by atoms with Gasteiger partial charge in [-0.3, -0.25) is 9.10 Å². The molecule has 9 heteroatoms. The van der Waals surface area contributed by atoms with E-state index in [1.54, 1.807) is 60.7 Å². The van der Waals surface area contributed by atoms with Crippen LogP contribution in [0.5, 0.6) is 11.5 Å². The van der Waals surface area contributed by atoms with Crippen molar-refractivity contribution in [3.63, 3.8) is 0 Å². The minimum absolute atomic E-state index is 0.119. The Morgan fingerprint density at radius 2 is 1.85 bits per heavy atom. The fraction of sp³-hybridized carbons (Fsp3) is 0.240. The molecule has 1 aliphatic rings. The number of halogens is 1. The molecule has 1 heterocycles. The lowest BCUT2D eigenvalue weighted by Crippen LogP contribution is -2.51. The zero-order chi connectivity index (χ0) is 24.1. The standard InChI is InChI=1S/C25H25ClN2O5S/c1-18-11-12-20(15-21(18)26)32-14-13-27-25(29)24-16-28(22-9-5-6-10-23(22)33-24)34(30,31)17-19-7-3-2-4-8-19/h2-12,15,24H,13-14,16-17H2,1H3,(H,27,29)/t24-/m0/s1. The Labute approximate surface area is 204 Å². The molecule has 1 N–H and O–H groups in total. The highest BCUT2D eigenvalue weighted by Crippen LogP contribution is 2.35. The third-order valence-electron chi connectivity index (χ3n) is 5.37. The predicted molar refractivity (Wildman–Crippen MR) is 132 cm³/mol. The van der Waals surface area contributed by atoms with E-state index in [1.165, 1.54) is 4.31 Å². The van der Waals surface area contributed by atoms with E-state index in [1.807, 2.05) is 19.1 Å². The van der Waals surface area contributed by atoms with Crippen molar-refractivity contribution in [3.8, 4) is 11.5 Å². The molecule has 0 aliphatic carbocycles. The van der Waals surface area contributed by atoms with E-state index < -0.39 is 22.0 Å². The number of hydrogen-bond donors (Lipinski definition) is 1. The van der Waals surface area contributed by atoms with Crippen LogP contribution in [0.4, 0.5) is 5.69 Å². The second-order valence-corrected chi connectivity index (χ2v) is 10.2. The van der Waals surface area contributed by atoms with E-state index in [0.717, 1.165) is 5.56 Å². The molecular formula is C25H25ClN2O5S. The summed E-state index contributed by atoms with van der Waals surface area (Å²) in [6.07, 6.45) is -0.991. The smallest absolute Gasteiger partial charge is 0.263 e. The molecule has 178 valence electrons. The molecule has 1 atom stereocenters. The van der Waals surface area contributed by atoms with E-state index in [-0.39, 0.29) is 25.4 Å². The number of benzene rings is 3. The highest BCUT2D eigenvalue weighted by molar-refractivity contribution is 7.92. The number of para-hydroxylation sites is 2. The van der Waals surface area contributed by atoms with Crippen molar-refractivity contribution in [2.24, 2.45) is 0 Å². The molecule has 0 radical (unpaired) electrons. The molecule has 0 saturated carbocycles. The van der Waals surface area contributed by atoms with Crippen LogP contribution >= 0.6 is 11.6 Å². The molecule has 0 unspecified atom stereocenters. The lowest BCUT2D eigenvalue weighted by atomic mass is 10.2. The van der Waals surface area contributed by atoms with Gasteiger partial charge in [0.2, 0.25) is 10.0 Å². The number of nitrogens with one attached hydrogen (secondary N) is 1. The van der Waals surface area contributed by atoms with Crippen LogP contribution in [0.1, 0.15) is 11.1 Å². The van der Waals surface area contributed by atoms with Gasteiger partial charge in [0.1, 0.15) is 18.1 Å². The SMILES string of the molecule is Cc1ccc(OCCNC(=O)[C@@H]2CN(S(=O)(=O)Cc3ccccc3)c3ccccc3O2)cc1Cl. The molecule has 0 bridgehead atoms. The lowest BCUT2D eigenvalue weighted by Gasteiger charge is -2.34. The van der Waals surface area contributed by atoms with E-state index in [0.29, 0.717) is 27.8 Å². The van der Waals surface area contributed by atoms with Crippen LogP contribution in [-0.4, -0.2) is 40.1 Å². The Morgan fingerprint density at radius 3 is 2.62 bits per heavy atom. The van der Waals surface area contributed by atoms with Crippen LogP contribution in [-0.2, 0) is 20.6 Å². The number of nitrogens with zero attached hydrogens (tertiary/aromatic N) is 1. The summed E-state index contributed by atoms with van der Waals surface area (Å²) in [6, 6.07) is 21.1. The molecule has 0 fully saturated rings. The van der Waals surface area contributed by atoms with E-state index in [9.17, 15) is 13.2 Å². The molecule has 3 aromatic rings. The van der Waals surface area contributed by atoms with Crippen LogP contribution in [0.25, 0.3) is 0 Å². The van der Waals surface area contributed by atoms with Crippen molar-refractivity contribution < 1.29 is 22.7 Å². The second-order valence-electron chi connectivity index (χ2n) is 7.90.